The van der Waals surface area contributed by atoms with Crippen LogP contribution in [0.1, 0.15) is 5.69 Å². The highest BCUT2D eigenvalue weighted by atomic mass is 35.5. The number of hydrogen-bond donors (Lipinski definition) is 1. The monoisotopic (exact) mass is 284 g/mol. The van der Waals surface area contributed by atoms with Gasteiger partial charge in [0.05, 0.1) is 10.7 Å². The molecule has 0 radical (unpaired) electrons. The molecule has 0 saturated carbocycles. The number of ether oxygens (including phenoxy) is 1. The van der Waals surface area contributed by atoms with E-state index in [0.29, 0.717) is 16.5 Å². The Morgan fingerprint density at radius 3 is 2.68 bits per heavy atom. The Morgan fingerprint density at radius 2 is 2.00 bits per heavy atom. The molecule has 0 atom stereocenters. The number of pyridine rings is 1. The van der Waals surface area contributed by atoms with E-state index in [2.05, 4.69) is 10.3 Å². The second-order valence-corrected chi connectivity index (χ2v) is 4.15. The Balaban J connectivity index is 2.11. The zero-order valence-electron chi connectivity index (χ0n) is 10.1. The molecule has 1 heterocycles. The molecule has 100 valence electrons. The van der Waals surface area contributed by atoms with Crippen molar-refractivity contribution < 1.29 is 13.5 Å². The largest absolute Gasteiger partial charge is 0.487 e. The summed E-state index contributed by atoms with van der Waals surface area (Å²) in [7, 11) is 1.73. The lowest BCUT2D eigenvalue weighted by molar-refractivity contribution is 0.299. The first-order valence-corrected chi connectivity index (χ1v) is 5.89. The van der Waals surface area contributed by atoms with Gasteiger partial charge in [-0.05, 0) is 24.3 Å². The fourth-order valence-electron chi connectivity index (χ4n) is 1.44. The highest BCUT2D eigenvalue weighted by Crippen LogP contribution is 2.20. The van der Waals surface area contributed by atoms with Crippen molar-refractivity contribution in [3.63, 3.8) is 0 Å². The van der Waals surface area contributed by atoms with E-state index in [1.807, 2.05) is 0 Å². The van der Waals surface area contributed by atoms with Gasteiger partial charge in [-0.25, -0.2) is 13.8 Å². The summed E-state index contributed by atoms with van der Waals surface area (Å²) in [6.07, 6.45) is 0. The predicted octanol–water partition coefficient (Wildman–Crippen LogP) is 3.63. The topological polar surface area (TPSA) is 34.1 Å². The number of hydrogen-bond acceptors (Lipinski definition) is 3. The van der Waals surface area contributed by atoms with Crippen molar-refractivity contribution in [3.8, 4) is 5.75 Å². The molecule has 0 unspecified atom stereocenters. The quantitative estimate of drug-likeness (QED) is 0.931. The van der Waals surface area contributed by atoms with Crippen LogP contribution in [0.5, 0.6) is 5.75 Å². The summed E-state index contributed by atoms with van der Waals surface area (Å²) in [5, 5.41) is 3.32. The van der Waals surface area contributed by atoms with Crippen molar-refractivity contribution in [2.75, 3.05) is 12.4 Å². The molecule has 0 bridgehead atoms. The van der Waals surface area contributed by atoms with Crippen LogP contribution in [0.2, 0.25) is 5.02 Å². The van der Waals surface area contributed by atoms with Gasteiger partial charge in [0, 0.05) is 13.1 Å². The van der Waals surface area contributed by atoms with Gasteiger partial charge >= 0.3 is 0 Å². The molecule has 0 spiro atoms. The fraction of sp³-hybridized carbons (Fsp3) is 0.154. The van der Waals surface area contributed by atoms with Crippen molar-refractivity contribution in [1.29, 1.82) is 0 Å². The van der Waals surface area contributed by atoms with Crippen molar-refractivity contribution in [3.05, 3.63) is 52.7 Å². The normalized spacial score (nSPS) is 10.3. The van der Waals surface area contributed by atoms with Crippen molar-refractivity contribution in [2.45, 2.75) is 6.61 Å². The van der Waals surface area contributed by atoms with Gasteiger partial charge in [0.15, 0.2) is 11.6 Å². The fourth-order valence-corrected chi connectivity index (χ4v) is 1.60. The van der Waals surface area contributed by atoms with E-state index < -0.39 is 11.6 Å². The van der Waals surface area contributed by atoms with Crippen LogP contribution < -0.4 is 10.1 Å². The van der Waals surface area contributed by atoms with Gasteiger partial charge in [0.1, 0.15) is 18.2 Å². The molecule has 1 aromatic carbocycles. The number of benzene rings is 1. The molecule has 0 fully saturated rings. The van der Waals surface area contributed by atoms with Gasteiger partial charge in [-0.1, -0.05) is 11.6 Å². The molecule has 1 aromatic heterocycles. The van der Waals surface area contributed by atoms with Crippen LogP contribution in [0.4, 0.5) is 14.6 Å². The summed E-state index contributed by atoms with van der Waals surface area (Å²) in [6.45, 7) is 0.0689. The first-order chi connectivity index (χ1) is 9.10. The van der Waals surface area contributed by atoms with E-state index in [-0.39, 0.29) is 12.4 Å². The number of rotatable bonds is 4. The second kappa shape index (κ2) is 5.84. The first-order valence-electron chi connectivity index (χ1n) is 5.51. The highest BCUT2D eigenvalue weighted by Gasteiger charge is 2.07. The Bertz CT molecular complexity index is 593. The Morgan fingerprint density at radius 1 is 1.21 bits per heavy atom. The molecule has 2 aromatic rings. The van der Waals surface area contributed by atoms with Crippen molar-refractivity contribution in [1.82, 2.24) is 4.98 Å². The molecule has 0 amide bonds. The molecule has 0 aliphatic rings. The number of nitrogens with zero attached hydrogens (tertiary/aromatic N) is 1. The van der Waals surface area contributed by atoms with Gasteiger partial charge in [-0.3, -0.25) is 0 Å². The summed E-state index contributed by atoms with van der Waals surface area (Å²) in [4.78, 5) is 4.21. The third-order valence-electron chi connectivity index (χ3n) is 2.44. The van der Waals surface area contributed by atoms with Gasteiger partial charge in [0.2, 0.25) is 0 Å². The molecule has 6 heteroatoms. The predicted molar refractivity (Wildman–Crippen MR) is 69.5 cm³/mol. The van der Waals surface area contributed by atoms with E-state index >= 15 is 0 Å². The van der Waals surface area contributed by atoms with Crippen LogP contribution >= 0.6 is 11.6 Å². The lowest BCUT2D eigenvalue weighted by Gasteiger charge is -2.09. The van der Waals surface area contributed by atoms with Gasteiger partial charge < -0.3 is 10.1 Å². The molecular weight excluding hydrogens is 274 g/mol. The number of aromatic nitrogens is 1. The Kier molecular flexibility index (Phi) is 4.16. The van der Waals surface area contributed by atoms with E-state index in [9.17, 15) is 8.78 Å². The molecule has 1 N–H and O–H groups in total. The Labute approximate surface area is 114 Å². The minimum atomic E-state index is -0.958. The van der Waals surface area contributed by atoms with Crippen LogP contribution in [0.25, 0.3) is 0 Å². The molecule has 0 aliphatic heterocycles. The first kappa shape index (κ1) is 13.5. The molecular formula is C13H11ClF2N2O. The van der Waals surface area contributed by atoms with Gasteiger partial charge in [0.25, 0.3) is 0 Å². The zero-order chi connectivity index (χ0) is 13.8. The van der Waals surface area contributed by atoms with Crippen molar-refractivity contribution in [2.24, 2.45) is 0 Å². The SMILES string of the molecule is CNc1ccc(Cl)c(COc2ccc(F)c(F)c2)n1. The maximum atomic E-state index is 13.0. The lowest BCUT2D eigenvalue weighted by atomic mass is 10.3. The number of halogens is 3. The second-order valence-electron chi connectivity index (χ2n) is 3.74. The number of nitrogens with one attached hydrogen (secondary N) is 1. The summed E-state index contributed by atoms with van der Waals surface area (Å²) in [5.74, 6) is -1.01. The average molecular weight is 285 g/mol. The smallest absolute Gasteiger partial charge is 0.162 e. The lowest BCUT2D eigenvalue weighted by Crippen LogP contribution is -2.02. The van der Waals surface area contributed by atoms with Crippen molar-refractivity contribution >= 4 is 17.4 Å². The molecule has 19 heavy (non-hydrogen) atoms. The third kappa shape index (κ3) is 3.32. The number of anilines is 1. The summed E-state index contributed by atoms with van der Waals surface area (Å²) < 4.78 is 31.1. The van der Waals surface area contributed by atoms with Crippen LogP contribution in [-0.4, -0.2) is 12.0 Å². The van der Waals surface area contributed by atoms with E-state index in [1.54, 1.807) is 19.2 Å². The average Bonchev–Trinajstić information content (AvgIpc) is 2.41. The summed E-state index contributed by atoms with van der Waals surface area (Å²) in [5.41, 5.74) is 0.512. The molecule has 0 saturated heterocycles. The van der Waals surface area contributed by atoms with E-state index in [4.69, 9.17) is 16.3 Å². The molecule has 3 nitrogen and oxygen atoms in total. The third-order valence-corrected chi connectivity index (χ3v) is 2.79. The Hall–Kier alpha value is -1.88. The molecule has 2 rings (SSSR count). The van der Waals surface area contributed by atoms with Crippen LogP contribution in [0.15, 0.2) is 30.3 Å². The standard InChI is InChI=1S/C13H11ClF2N2O/c1-17-13-5-3-9(14)12(18-13)7-19-8-2-4-10(15)11(16)6-8/h2-6H,7H2,1H3,(H,17,18). The van der Waals surface area contributed by atoms with Crippen LogP contribution in [0.3, 0.4) is 0 Å². The highest BCUT2D eigenvalue weighted by molar-refractivity contribution is 6.31. The van der Waals surface area contributed by atoms with Crippen LogP contribution in [0, 0.1) is 11.6 Å². The molecule has 0 aliphatic carbocycles. The summed E-state index contributed by atoms with van der Waals surface area (Å²) in [6, 6.07) is 6.73. The van der Waals surface area contributed by atoms with E-state index in [1.165, 1.54) is 6.07 Å². The zero-order valence-corrected chi connectivity index (χ0v) is 10.8. The maximum Gasteiger partial charge on any atom is 0.162 e. The summed E-state index contributed by atoms with van der Waals surface area (Å²) >= 11 is 5.97. The minimum Gasteiger partial charge on any atom is -0.487 e. The van der Waals surface area contributed by atoms with E-state index in [0.717, 1.165) is 12.1 Å². The van der Waals surface area contributed by atoms with Gasteiger partial charge in [-0.2, -0.15) is 0 Å². The minimum absolute atomic E-state index is 0.0689. The maximum absolute atomic E-state index is 13.0. The van der Waals surface area contributed by atoms with Gasteiger partial charge in [-0.15, -0.1) is 0 Å². The van der Waals surface area contributed by atoms with Crippen LogP contribution in [-0.2, 0) is 6.61 Å².